The Hall–Kier alpha value is -1.72. The maximum Gasteiger partial charge on any atom is 0.303 e. The predicted octanol–water partition coefficient (Wildman–Crippen LogP) is 5.80. The summed E-state index contributed by atoms with van der Waals surface area (Å²) in [6.45, 7) is 3.56. The first kappa shape index (κ1) is 29.8. The lowest BCUT2D eigenvalue weighted by Gasteiger charge is -2.31. The van der Waals surface area contributed by atoms with Crippen LogP contribution in [0.25, 0.3) is 0 Å². The molecule has 208 valence electrons. The van der Waals surface area contributed by atoms with Crippen LogP contribution in [0.2, 0.25) is 0 Å². The van der Waals surface area contributed by atoms with Crippen molar-refractivity contribution in [1.82, 2.24) is 0 Å². The zero-order valence-corrected chi connectivity index (χ0v) is 22.5. The Morgan fingerprint density at radius 2 is 1.89 bits per heavy atom. The molecule has 0 aromatic heterocycles. The molecular weight excluding hydrogens is 472 g/mol. The number of rotatable bonds is 14. The zero-order chi connectivity index (χ0) is 26.3. The van der Waals surface area contributed by atoms with Gasteiger partial charge in [0, 0.05) is 38.4 Å². The number of ether oxygens (including phenoxy) is 4. The van der Waals surface area contributed by atoms with Crippen LogP contribution in [-0.4, -0.2) is 54.9 Å². The second-order valence-electron chi connectivity index (χ2n) is 10.5. The van der Waals surface area contributed by atoms with E-state index in [1.165, 1.54) is 0 Å². The highest BCUT2D eigenvalue weighted by atomic mass is 16.7. The van der Waals surface area contributed by atoms with E-state index in [1.54, 1.807) is 0 Å². The standard InChI is InChI=1S/C30H46O7/c1-2-3-6-13-23(36-29-16-9-11-20-34-29)18-19-25-24(14-7-4-5-8-15-28(32)33)26(31)22-27(25)37-30-17-10-12-21-35-30/h4,7,23-25,27,29-30H,2-3,5,8-12,14-22H2,1H3,(H,32,33)/t23?,24-,25-,27-,29?,30?/m1/s1. The third-order valence-corrected chi connectivity index (χ3v) is 7.45. The van der Waals surface area contributed by atoms with Gasteiger partial charge in [0.25, 0.3) is 0 Å². The van der Waals surface area contributed by atoms with Gasteiger partial charge in [-0.1, -0.05) is 25.0 Å². The molecule has 6 atom stereocenters. The van der Waals surface area contributed by atoms with E-state index in [4.69, 9.17) is 24.1 Å². The van der Waals surface area contributed by atoms with E-state index in [1.807, 2.05) is 12.2 Å². The van der Waals surface area contributed by atoms with Crippen molar-refractivity contribution in [3.63, 3.8) is 0 Å². The molecule has 0 bridgehead atoms. The summed E-state index contributed by atoms with van der Waals surface area (Å²) in [5.41, 5.74) is 0. The summed E-state index contributed by atoms with van der Waals surface area (Å²) in [7, 11) is 0. The molecule has 1 aliphatic carbocycles. The number of carboxylic acids is 1. The molecule has 3 unspecified atom stereocenters. The van der Waals surface area contributed by atoms with Crippen LogP contribution in [0, 0.1) is 23.7 Å². The van der Waals surface area contributed by atoms with Crippen molar-refractivity contribution in [2.24, 2.45) is 11.8 Å². The van der Waals surface area contributed by atoms with Crippen molar-refractivity contribution in [2.45, 2.75) is 128 Å². The molecule has 7 heteroatoms. The fourth-order valence-electron chi connectivity index (χ4n) is 5.42. The van der Waals surface area contributed by atoms with Crippen LogP contribution in [0.15, 0.2) is 12.2 Å². The average molecular weight is 519 g/mol. The van der Waals surface area contributed by atoms with Crippen molar-refractivity contribution < 1.29 is 33.6 Å². The van der Waals surface area contributed by atoms with E-state index in [0.29, 0.717) is 32.3 Å². The van der Waals surface area contributed by atoms with E-state index >= 15 is 0 Å². The lowest BCUT2D eigenvalue weighted by atomic mass is 9.86. The van der Waals surface area contributed by atoms with Crippen molar-refractivity contribution in [3.05, 3.63) is 12.2 Å². The summed E-state index contributed by atoms with van der Waals surface area (Å²) < 4.78 is 24.3. The maximum atomic E-state index is 13.1. The number of Topliss-reactive ketones (excluding diaryl/α,β-unsaturated/α-hetero) is 1. The first-order chi connectivity index (χ1) is 18.1. The zero-order valence-electron chi connectivity index (χ0n) is 22.5. The molecule has 3 aliphatic rings. The van der Waals surface area contributed by atoms with Crippen molar-refractivity contribution in [3.8, 4) is 11.8 Å². The molecule has 2 aliphatic heterocycles. The molecular formula is C30H46O7. The van der Waals surface area contributed by atoms with Crippen LogP contribution in [0.1, 0.15) is 103 Å². The molecule has 0 spiro atoms. The fraction of sp³-hybridized carbons (Fsp3) is 0.800. The van der Waals surface area contributed by atoms with Crippen LogP contribution in [0.3, 0.4) is 0 Å². The largest absolute Gasteiger partial charge is 0.481 e. The Kier molecular flexibility index (Phi) is 13.7. The Balaban J connectivity index is 1.64. The highest BCUT2D eigenvalue weighted by Gasteiger charge is 2.43. The van der Waals surface area contributed by atoms with Gasteiger partial charge >= 0.3 is 5.97 Å². The van der Waals surface area contributed by atoms with E-state index in [0.717, 1.165) is 70.8 Å². The van der Waals surface area contributed by atoms with Gasteiger partial charge in [-0.2, -0.15) is 0 Å². The Morgan fingerprint density at radius 3 is 2.57 bits per heavy atom. The highest BCUT2D eigenvalue weighted by molar-refractivity contribution is 5.84. The summed E-state index contributed by atoms with van der Waals surface area (Å²) in [4.78, 5) is 23.8. The third-order valence-electron chi connectivity index (χ3n) is 7.45. The van der Waals surface area contributed by atoms with Crippen molar-refractivity contribution in [1.29, 1.82) is 0 Å². The molecule has 7 nitrogen and oxygen atoms in total. The summed E-state index contributed by atoms with van der Waals surface area (Å²) >= 11 is 0. The van der Waals surface area contributed by atoms with Crippen molar-refractivity contribution >= 4 is 11.8 Å². The van der Waals surface area contributed by atoms with Gasteiger partial charge in [0.2, 0.25) is 0 Å². The molecule has 1 saturated carbocycles. The number of carbonyl (C=O) groups is 2. The van der Waals surface area contributed by atoms with Gasteiger partial charge in [-0.3, -0.25) is 9.59 Å². The van der Waals surface area contributed by atoms with Crippen LogP contribution >= 0.6 is 0 Å². The second-order valence-corrected chi connectivity index (χ2v) is 10.5. The number of unbranched alkanes of at least 4 members (excludes halogenated alkanes) is 2. The molecule has 0 radical (unpaired) electrons. The minimum atomic E-state index is -0.776. The number of allylic oxidation sites excluding steroid dienone is 2. The van der Waals surface area contributed by atoms with Crippen LogP contribution < -0.4 is 0 Å². The minimum Gasteiger partial charge on any atom is -0.481 e. The molecule has 37 heavy (non-hydrogen) atoms. The Labute approximate surface area is 222 Å². The normalized spacial score (nSPS) is 29.2. The minimum absolute atomic E-state index is 0.0769. The topological polar surface area (TPSA) is 91.3 Å². The van der Waals surface area contributed by atoms with Gasteiger partial charge in [0.15, 0.2) is 12.6 Å². The average Bonchev–Trinajstić information content (AvgIpc) is 3.19. The van der Waals surface area contributed by atoms with Crippen LogP contribution in [0.5, 0.6) is 0 Å². The highest BCUT2D eigenvalue weighted by Crippen LogP contribution is 2.39. The molecule has 2 saturated heterocycles. The number of ketones is 1. The van der Waals surface area contributed by atoms with Gasteiger partial charge in [-0.25, -0.2) is 0 Å². The quantitative estimate of drug-likeness (QED) is 0.176. The van der Waals surface area contributed by atoms with Gasteiger partial charge in [0.05, 0.1) is 6.10 Å². The SMILES string of the molecule is CCCC#CC(CC[C@H]1[C@H](OC2CCCCO2)CC(=O)[C@@H]1CC=CCCCC(=O)O)OC1CCCCO1. The van der Waals surface area contributed by atoms with Crippen molar-refractivity contribution in [2.75, 3.05) is 13.2 Å². The number of hydrogen-bond donors (Lipinski definition) is 1. The fourth-order valence-corrected chi connectivity index (χ4v) is 5.42. The van der Waals surface area contributed by atoms with Gasteiger partial charge < -0.3 is 24.1 Å². The molecule has 2 heterocycles. The Morgan fingerprint density at radius 1 is 1.14 bits per heavy atom. The van der Waals surface area contributed by atoms with E-state index in [9.17, 15) is 9.59 Å². The second kappa shape index (κ2) is 17.0. The number of hydrogen-bond acceptors (Lipinski definition) is 6. The molecule has 3 rings (SSSR count). The third kappa shape index (κ3) is 10.9. The molecule has 0 amide bonds. The van der Waals surface area contributed by atoms with Crippen LogP contribution in [0.4, 0.5) is 0 Å². The molecule has 0 aromatic carbocycles. The van der Waals surface area contributed by atoms with Crippen LogP contribution in [-0.2, 0) is 28.5 Å². The smallest absolute Gasteiger partial charge is 0.303 e. The first-order valence-electron chi connectivity index (χ1n) is 14.5. The predicted molar refractivity (Wildman–Crippen MR) is 141 cm³/mol. The maximum absolute atomic E-state index is 13.1. The lowest BCUT2D eigenvalue weighted by molar-refractivity contribution is -0.197. The number of aliphatic carboxylic acids is 1. The summed E-state index contributed by atoms with van der Waals surface area (Å²) in [6, 6.07) is 0. The van der Waals surface area contributed by atoms with Gasteiger partial charge in [-0.05, 0) is 83.0 Å². The van der Waals surface area contributed by atoms with E-state index in [2.05, 4.69) is 18.8 Å². The number of carboxylic acid groups (broad SMARTS) is 1. The molecule has 0 aromatic rings. The van der Waals surface area contributed by atoms with E-state index in [-0.39, 0.29) is 48.8 Å². The summed E-state index contributed by atoms with van der Waals surface area (Å²) in [5, 5.41) is 8.83. The number of carbonyl (C=O) groups excluding carboxylic acids is 1. The molecule has 3 fully saturated rings. The Bertz CT molecular complexity index is 771. The molecule has 1 N–H and O–H groups in total. The van der Waals surface area contributed by atoms with E-state index < -0.39 is 5.97 Å². The summed E-state index contributed by atoms with van der Waals surface area (Å²) in [6.07, 6.45) is 15.3. The van der Waals surface area contributed by atoms with Gasteiger partial charge in [0.1, 0.15) is 11.9 Å². The van der Waals surface area contributed by atoms with Gasteiger partial charge in [-0.15, -0.1) is 5.92 Å². The summed E-state index contributed by atoms with van der Waals surface area (Å²) in [5.74, 6) is 6.01. The lowest BCUT2D eigenvalue weighted by Crippen LogP contribution is -2.32. The first-order valence-corrected chi connectivity index (χ1v) is 14.5. The monoisotopic (exact) mass is 518 g/mol.